The van der Waals surface area contributed by atoms with Crippen LogP contribution in [0.25, 0.3) is 0 Å². The zero-order valence-electron chi connectivity index (χ0n) is 27.0. The molecule has 2 N–H and O–H groups in total. The summed E-state index contributed by atoms with van der Waals surface area (Å²) in [6.07, 6.45) is 2.03. The Morgan fingerprint density at radius 3 is 2.16 bits per heavy atom. The van der Waals surface area contributed by atoms with Gasteiger partial charge in [-0.1, -0.05) is 103 Å². The smallest absolute Gasteiger partial charge is 0.408 e. The van der Waals surface area contributed by atoms with Gasteiger partial charge in [0.1, 0.15) is 17.7 Å². The zero-order valence-corrected chi connectivity index (χ0v) is 27.8. The van der Waals surface area contributed by atoms with Gasteiger partial charge in [0.15, 0.2) is 0 Å². The number of halogens is 1. The van der Waals surface area contributed by atoms with Crippen LogP contribution < -0.4 is 10.6 Å². The Bertz CT molecular complexity index is 1390. The fourth-order valence-electron chi connectivity index (χ4n) is 5.22. The van der Waals surface area contributed by atoms with Gasteiger partial charge in [-0.05, 0) is 70.7 Å². The van der Waals surface area contributed by atoms with Gasteiger partial charge >= 0.3 is 6.09 Å². The molecule has 0 saturated carbocycles. The van der Waals surface area contributed by atoms with Gasteiger partial charge in [0.2, 0.25) is 5.91 Å². The molecule has 3 rings (SSSR count). The molecule has 0 heterocycles. The maximum absolute atomic E-state index is 14.7. The molecule has 44 heavy (non-hydrogen) atoms. The number of benzene rings is 3. The number of anilines is 1. The second-order valence-electron chi connectivity index (χ2n) is 12.4. The van der Waals surface area contributed by atoms with Crippen LogP contribution in [0.4, 0.5) is 10.5 Å². The van der Waals surface area contributed by atoms with E-state index in [1.54, 1.807) is 31.7 Å². The zero-order chi connectivity index (χ0) is 32.4. The first-order valence-electron chi connectivity index (χ1n) is 15.3. The molecule has 0 spiro atoms. The van der Waals surface area contributed by atoms with E-state index < -0.39 is 23.8 Å². The largest absolute Gasteiger partial charge is 0.444 e. The Kier molecular flexibility index (Phi) is 12.4. The number of carbonyl (C=O) groups is 3. The molecule has 3 aromatic rings. The SMILES string of the molecule is CCCCCN(C(=O)C(Cc1ccccc1)NC(=O)OC(C)(C)C)C(C(=O)Nc1c(C)cccc1Cl)c1cc(C)cc(C)c1. The summed E-state index contributed by atoms with van der Waals surface area (Å²) in [5.41, 5.74) is 4.06. The van der Waals surface area contributed by atoms with E-state index in [9.17, 15) is 14.4 Å². The molecular weight excluding hydrogens is 574 g/mol. The molecule has 3 aromatic carbocycles. The third kappa shape index (κ3) is 10.1. The number of alkyl carbamates (subject to hydrolysis) is 1. The molecule has 3 amide bonds. The van der Waals surface area contributed by atoms with Crippen LogP contribution in [-0.4, -0.2) is 41.0 Å². The van der Waals surface area contributed by atoms with Crippen LogP contribution in [0.1, 0.15) is 80.8 Å². The number of carbonyl (C=O) groups excluding carboxylic acids is 3. The fourth-order valence-corrected chi connectivity index (χ4v) is 5.49. The Labute approximate surface area is 267 Å². The number of nitrogens with zero attached hydrogens (tertiary/aromatic N) is 1. The summed E-state index contributed by atoms with van der Waals surface area (Å²) in [5.74, 6) is -0.752. The highest BCUT2D eigenvalue weighted by Crippen LogP contribution is 2.31. The Hall–Kier alpha value is -3.84. The number of para-hydroxylation sites is 1. The predicted octanol–water partition coefficient (Wildman–Crippen LogP) is 8.10. The van der Waals surface area contributed by atoms with Gasteiger partial charge in [-0.15, -0.1) is 0 Å². The first-order chi connectivity index (χ1) is 20.8. The van der Waals surface area contributed by atoms with E-state index >= 15 is 0 Å². The van der Waals surface area contributed by atoms with Crippen molar-refractivity contribution in [2.75, 3.05) is 11.9 Å². The molecule has 0 aliphatic rings. The highest BCUT2D eigenvalue weighted by atomic mass is 35.5. The van der Waals surface area contributed by atoms with Crippen molar-refractivity contribution in [1.82, 2.24) is 10.2 Å². The quantitative estimate of drug-likeness (QED) is 0.201. The van der Waals surface area contributed by atoms with Crippen molar-refractivity contribution in [2.45, 2.75) is 91.8 Å². The van der Waals surface area contributed by atoms with Crippen LogP contribution in [0.5, 0.6) is 0 Å². The second-order valence-corrected chi connectivity index (χ2v) is 12.8. The molecule has 8 heteroatoms. The Morgan fingerprint density at radius 1 is 0.909 bits per heavy atom. The van der Waals surface area contributed by atoms with Crippen LogP contribution in [0.15, 0.2) is 66.7 Å². The van der Waals surface area contributed by atoms with Gasteiger partial charge in [0, 0.05) is 13.0 Å². The van der Waals surface area contributed by atoms with Crippen molar-refractivity contribution in [2.24, 2.45) is 0 Å². The minimum atomic E-state index is -0.979. The number of hydrogen-bond donors (Lipinski definition) is 2. The van der Waals surface area contributed by atoms with Gasteiger partial charge in [0.05, 0.1) is 10.7 Å². The van der Waals surface area contributed by atoms with E-state index in [1.165, 1.54) is 0 Å². The molecule has 0 radical (unpaired) electrons. The van der Waals surface area contributed by atoms with Crippen molar-refractivity contribution in [1.29, 1.82) is 0 Å². The highest BCUT2D eigenvalue weighted by molar-refractivity contribution is 6.34. The number of amides is 3. The van der Waals surface area contributed by atoms with E-state index in [-0.39, 0.29) is 18.2 Å². The molecule has 0 aliphatic heterocycles. The van der Waals surface area contributed by atoms with Gasteiger partial charge in [-0.25, -0.2) is 4.79 Å². The lowest BCUT2D eigenvalue weighted by atomic mass is 9.97. The molecule has 0 bridgehead atoms. The van der Waals surface area contributed by atoms with Gasteiger partial charge < -0.3 is 20.3 Å². The number of rotatable bonds is 12. The summed E-state index contributed by atoms with van der Waals surface area (Å²) in [6.45, 7) is 13.5. The average molecular weight is 620 g/mol. The third-order valence-corrected chi connectivity index (χ3v) is 7.46. The summed E-state index contributed by atoms with van der Waals surface area (Å²) in [7, 11) is 0. The maximum atomic E-state index is 14.7. The standard InChI is InChI=1S/C36H46ClN3O4/c1-8-9-13-19-40(34(42)30(23-27-16-11-10-12-17-27)38-35(43)44-36(5,6)7)32(28-21-24(2)20-25(3)22-28)33(41)39-31-26(4)15-14-18-29(31)37/h10-12,14-18,20-22,30,32H,8-9,13,19,23H2,1-7H3,(H,38,43)(H,39,41). The first kappa shape index (κ1) is 34.6. The van der Waals surface area contributed by atoms with Crippen molar-refractivity contribution >= 4 is 35.2 Å². The number of nitrogens with one attached hydrogen (secondary N) is 2. The summed E-state index contributed by atoms with van der Waals surface area (Å²) in [6, 6.07) is 18.9. The first-order valence-corrected chi connectivity index (χ1v) is 15.6. The van der Waals surface area contributed by atoms with E-state index in [0.717, 1.165) is 35.1 Å². The van der Waals surface area contributed by atoms with Crippen molar-refractivity contribution in [3.05, 3.63) is 99.6 Å². The summed E-state index contributed by atoms with van der Waals surface area (Å²) < 4.78 is 5.55. The Morgan fingerprint density at radius 2 is 1.57 bits per heavy atom. The molecule has 0 saturated heterocycles. The normalized spacial score (nSPS) is 12.6. The van der Waals surface area contributed by atoms with Gasteiger partial charge in [-0.3, -0.25) is 9.59 Å². The van der Waals surface area contributed by atoms with Crippen molar-refractivity contribution in [3.63, 3.8) is 0 Å². The molecule has 0 aliphatic carbocycles. The molecule has 0 aromatic heterocycles. The topological polar surface area (TPSA) is 87.7 Å². The monoisotopic (exact) mass is 619 g/mol. The van der Waals surface area contributed by atoms with Crippen LogP contribution in [-0.2, 0) is 20.7 Å². The van der Waals surface area contributed by atoms with Crippen LogP contribution in [0, 0.1) is 20.8 Å². The van der Waals surface area contributed by atoms with Gasteiger partial charge in [0.25, 0.3) is 5.91 Å². The van der Waals surface area contributed by atoms with Crippen LogP contribution in [0.3, 0.4) is 0 Å². The fraction of sp³-hybridized carbons (Fsp3) is 0.417. The molecular formula is C36H46ClN3O4. The van der Waals surface area contributed by atoms with E-state index in [2.05, 4.69) is 17.6 Å². The number of aryl methyl sites for hydroxylation is 3. The maximum Gasteiger partial charge on any atom is 0.408 e. The van der Waals surface area contributed by atoms with Crippen molar-refractivity contribution in [3.8, 4) is 0 Å². The van der Waals surface area contributed by atoms with E-state index in [1.807, 2.05) is 81.4 Å². The molecule has 7 nitrogen and oxygen atoms in total. The lowest BCUT2D eigenvalue weighted by Crippen LogP contribution is -2.53. The average Bonchev–Trinajstić information content (AvgIpc) is 2.93. The predicted molar refractivity (Wildman–Crippen MR) is 178 cm³/mol. The molecule has 2 atom stereocenters. The minimum absolute atomic E-state index is 0.230. The number of hydrogen-bond acceptors (Lipinski definition) is 4. The second kappa shape index (κ2) is 15.8. The number of unbranched alkanes of at least 4 members (excludes halogenated alkanes) is 2. The number of ether oxygens (including phenoxy) is 1. The van der Waals surface area contributed by atoms with Crippen LogP contribution >= 0.6 is 11.6 Å². The minimum Gasteiger partial charge on any atom is -0.444 e. The summed E-state index contributed by atoms with van der Waals surface area (Å²) >= 11 is 6.51. The summed E-state index contributed by atoms with van der Waals surface area (Å²) in [5, 5.41) is 6.26. The molecule has 2 unspecified atom stereocenters. The van der Waals surface area contributed by atoms with Gasteiger partial charge in [-0.2, -0.15) is 0 Å². The lowest BCUT2D eigenvalue weighted by molar-refractivity contribution is -0.140. The van der Waals surface area contributed by atoms with E-state index in [4.69, 9.17) is 16.3 Å². The highest BCUT2D eigenvalue weighted by Gasteiger charge is 2.37. The molecule has 236 valence electrons. The third-order valence-electron chi connectivity index (χ3n) is 7.15. The molecule has 0 fully saturated rings. The van der Waals surface area contributed by atoms with E-state index in [0.29, 0.717) is 29.2 Å². The summed E-state index contributed by atoms with van der Waals surface area (Å²) in [4.78, 5) is 43.6. The lowest BCUT2D eigenvalue weighted by Gasteiger charge is -2.35. The van der Waals surface area contributed by atoms with Crippen LogP contribution in [0.2, 0.25) is 5.02 Å². The Balaban J connectivity index is 2.13. The van der Waals surface area contributed by atoms with Crippen molar-refractivity contribution < 1.29 is 19.1 Å².